The van der Waals surface area contributed by atoms with Crippen molar-refractivity contribution in [1.29, 1.82) is 0 Å². The van der Waals surface area contributed by atoms with Crippen LogP contribution in [0.4, 0.5) is 12.9 Å². The van der Waals surface area contributed by atoms with Gasteiger partial charge in [-0.3, -0.25) is 0 Å². The van der Waals surface area contributed by atoms with Gasteiger partial charge in [-0.1, -0.05) is 0 Å². The van der Waals surface area contributed by atoms with Crippen LogP contribution in [0.2, 0.25) is 0 Å². The van der Waals surface area contributed by atoms with Gasteiger partial charge in [0.15, 0.2) is 0 Å². The van der Waals surface area contributed by atoms with Crippen molar-refractivity contribution in [2.75, 3.05) is 6.61 Å². The minimum absolute atomic E-state index is 0.500. The number of hydrogen-bond acceptors (Lipinski definition) is 2. The molecule has 1 aromatic heterocycles. The van der Waals surface area contributed by atoms with E-state index in [0.29, 0.717) is 13.0 Å². The molecule has 1 saturated heterocycles. The average molecular weight is 219 g/mol. The van der Waals surface area contributed by atoms with Crippen molar-refractivity contribution >= 4 is 12.6 Å². The summed E-state index contributed by atoms with van der Waals surface area (Å²) < 4.78 is 44.1. The molecular weight excluding hydrogens is 208 g/mol. The van der Waals surface area contributed by atoms with Gasteiger partial charge in [0.25, 0.3) is 0 Å². The van der Waals surface area contributed by atoms with Crippen LogP contribution in [0.1, 0.15) is 25.5 Å². The molecule has 0 aromatic carbocycles. The smallest absolute Gasteiger partial charge is 0.444 e. The summed E-state index contributed by atoms with van der Waals surface area (Å²) in [6, 6.07) is 0. The number of nitrogens with zero attached hydrogens (tertiary/aromatic N) is 2. The molecule has 1 aliphatic rings. The highest BCUT2D eigenvalue weighted by atomic mass is 19.4. The number of rotatable bonds is 2. The van der Waals surface area contributed by atoms with Crippen molar-refractivity contribution in [2.45, 2.75) is 25.5 Å². The third kappa shape index (κ3) is 2.17. The van der Waals surface area contributed by atoms with Crippen molar-refractivity contribution < 1.29 is 17.7 Å². The van der Waals surface area contributed by atoms with Crippen LogP contribution < -0.4 is 5.59 Å². The van der Waals surface area contributed by atoms with E-state index in [9.17, 15) is 12.9 Å². The molecule has 0 radical (unpaired) electrons. The van der Waals surface area contributed by atoms with E-state index in [1.807, 2.05) is 0 Å². The molecule has 0 spiro atoms. The Morgan fingerprint density at radius 3 is 2.80 bits per heavy atom. The largest absolute Gasteiger partial charge is 0.527 e. The second-order valence-corrected chi connectivity index (χ2v) is 3.62. The second-order valence-electron chi connectivity index (χ2n) is 3.62. The SMILES string of the molecule is F[B-](F)(F)c1cncn1C1CCCCO1. The first-order chi connectivity index (χ1) is 7.09. The predicted molar refractivity (Wildman–Crippen MR) is 49.8 cm³/mol. The zero-order valence-corrected chi connectivity index (χ0v) is 8.07. The van der Waals surface area contributed by atoms with Gasteiger partial charge in [0.05, 0.1) is 6.33 Å². The molecule has 2 heterocycles. The maximum Gasteiger partial charge on any atom is 0.527 e. The Bertz CT molecular complexity index is 333. The Labute approximate surface area is 85.3 Å². The maximum atomic E-state index is 12.6. The lowest BCUT2D eigenvalue weighted by molar-refractivity contribution is -0.0307. The molecule has 0 aliphatic carbocycles. The van der Waals surface area contributed by atoms with Crippen LogP contribution in [0, 0.1) is 0 Å². The lowest BCUT2D eigenvalue weighted by Gasteiger charge is -2.28. The summed E-state index contributed by atoms with van der Waals surface area (Å²) in [5, 5.41) is 0. The van der Waals surface area contributed by atoms with E-state index in [1.54, 1.807) is 0 Å². The molecule has 84 valence electrons. The van der Waals surface area contributed by atoms with E-state index in [4.69, 9.17) is 4.74 Å². The van der Waals surface area contributed by atoms with E-state index in [2.05, 4.69) is 4.98 Å². The predicted octanol–water partition coefficient (Wildman–Crippen LogP) is 1.64. The molecule has 0 N–H and O–H groups in total. The van der Waals surface area contributed by atoms with Gasteiger partial charge >= 0.3 is 6.98 Å². The normalized spacial score (nSPS) is 23.0. The van der Waals surface area contributed by atoms with Gasteiger partial charge in [0.1, 0.15) is 6.23 Å². The van der Waals surface area contributed by atoms with Crippen molar-refractivity contribution in [2.24, 2.45) is 0 Å². The van der Waals surface area contributed by atoms with Crippen LogP contribution in [-0.2, 0) is 4.74 Å². The fourth-order valence-electron chi connectivity index (χ4n) is 1.75. The summed E-state index contributed by atoms with van der Waals surface area (Å²) >= 11 is 0. The van der Waals surface area contributed by atoms with Crippen LogP contribution in [-0.4, -0.2) is 23.1 Å². The summed E-state index contributed by atoms with van der Waals surface area (Å²) in [5.74, 6) is 0. The van der Waals surface area contributed by atoms with Gasteiger partial charge in [0.2, 0.25) is 0 Å². The number of imidazole rings is 1. The molecule has 2 rings (SSSR count). The summed E-state index contributed by atoms with van der Waals surface area (Å²) in [7, 11) is 0. The van der Waals surface area contributed by atoms with Gasteiger partial charge in [0, 0.05) is 12.8 Å². The number of ether oxygens (including phenoxy) is 1. The summed E-state index contributed by atoms with van der Waals surface area (Å²) in [6.07, 6.45) is 3.98. The van der Waals surface area contributed by atoms with Gasteiger partial charge in [-0.2, -0.15) is 0 Å². The fourth-order valence-corrected chi connectivity index (χ4v) is 1.75. The molecule has 7 heteroatoms. The Morgan fingerprint density at radius 1 is 1.40 bits per heavy atom. The van der Waals surface area contributed by atoms with E-state index in [1.165, 1.54) is 6.33 Å². The molecule has 1 aliphatic heterocycles. The summed E-state index contributed by atoms with van der Waals surface area (Å²) in [6.45, 7) is -4.48. The van der Waals surface area contributed by atoms with Crippen LogP contribution in [0.3, 0.4) is 0 Å². The minimum atomic E-state index is -5.01. The van der Waals surface area contributed by atoms with Crippen molar-refractivity contribution in [1.82, 2.24) is 9.55 Å². The molecule has 0 bridgehead atoms. The highest BCUT2D eigenvalue weighted by Gasteiger charge is 2.32. The van der Waals surface area contributed by atoms with E-state index >= 15 is 0 Å². The van der Waals surface area contributed by atoms with Crippen molar-refractivity contribution in [3.05, 3.63) is 12.5 Å². The van der Waals surface area contributed by atoms with E-state index in [0.717, 1.165) is 23.6 Å². The maximum absolute atomic E-state index is 12.6. The van der Waals surface area contributed by atoms with Crippen LogP contribution >= 0.6 is 0 Å². The van der Waals surface area contributed by atoms with Crippen molar-refractivity contribution in [3.8, 4) is 0 Å². The molecule has 15 heavy (non-hydrogen) atoms. The molecule has 0 amide bonds. The van der Waals surface area contributed by atoms with Crippen LogP contribution in [0.5, 0.6) is 0 Å². The van der Waals surface area contributed by atoms with Gasteiger partial charge in [-0.15, -0.1) is 0 Å². The van der Waals surface area contributed by atoms with Gasteiger partial charge in [-0.05, 0) is 24.9 Å². The molecule has 1 unspecified atom stereocenters. The number of aromatic nitrogens is 2. The average Bonchev–Trinajstić information content (AvgIpc) is 2.67. The first-order valence-electron chi connectivity index (χ1n) is 4.92. The molecule has 0 saturated carbocycles. The highest BCUT2D eigenvalue weighted by Crippen LogP contribution is 2.22. The minimum Gasteiger partial charge on any atom is -0.444 e. The third-order valence-corrected chi connectivity index (χ3v) is 2.50. The quantitative estimate of drug-likeness (QED) is 0.707. The highest BCUT2D eigenvalue weighted by molar-refractivity contribution is 6.72. The Balaban J connectivity index is 2.24. The molecule has 1 atom stereocenters. The monoisotopic (exact) mass is 219 g/mol. The van der Waals surface area contributed by atoms with E-state index in [-0.39, 0.29) is 0 Å². The molecule has 3 nitrogen and oxygen atoms in total. The molecular formula is C8H11BF3N2O-. The van der Waals surface area contributed by atoms with Crippen LogP contribution in [0.25, 0.3) is 0 Å². The zero-order valence-electron chi connectivity index (χ0n) is 8.07. The first kappa shape index (κ1) is 10.5. The zero-order chi connectivity index (χ0) is 10.9. The Kier molecular flexibility index (Phi) is 2.73. The summed E-state index contributed by atoms with van der Waals surface area (Å²) in [4.78, 5) is 3.54. The van der Waals surface area contributed by atoms with Crippen LogP contribution in [0.15, 0.2) is 12.5 Å². The first-order valence-corrected chi connectivity index (χ1v) is 4.92. The lowest BCUT2D eigenvalue weighted by atomic mass is 9.86. The van der Waals surface area contributed by atoms with Gasteiger partial charge < -0.3 is 22.3 Å². The number of halogens is 3. The van der Waals surface area contributed by atoms with Gasteiger partial charge in [-0.25, -0.2) is 4.98 Å². The standard InChI is InChI=1S/C8H11BF3N2O/c10-9(11,12)7-5-13-6-14(7)8-3-1-2-4-15-8/h5-6,8H,1-4H2/q-1. The molecule has 1 aromatic rings. The number of hydrogen-bond donors (Lipinski definition) is 0. The summed E-state index contributed by atoms with van der Waals surface area (Å²) in [5.41, 5.74) is -0.679. The topological polar surface area (TPSA) is 27.1 Å². The third-order valence-electron chi connectivity index (χ3n) is 2.50. The molecule has 1 fully saturated rings. The van der Waals surface area contributed by atoms with Crippen molar-refractivity contribution in [3.63, 3.8) is 0 Å². The lowest BCUT2D eigenvalue weighted by Crippen LogP contribution is -2.41. The Morgan fingerprint density at radius 2 is 2.20 bits per heavy atom. The Hall–Kier alpha value is -0.975. The second kappa shape index (κ2) is 3.88. The fraction of sp³-hybridized carbons (Fsp3) is 0.625. The van der Waals surface area contributed by atoms with E-state index < -0.39 is 18.8 Å².